The van der Waals surface area contributed by atoms with E-state index >= 15 is 0 Å². The van der Waals surface area contributed by atoms with Crippen LogP contribution in [0.25, 0.3) is 0 Å². The number of rotatable bonds is 12. The molecule has 9 heteroatoms. The molecule has 1 aliphatic carbocycles. The Morgan fingerprint density at radius 3 is 2.24 bits per heavy atom. The molecule has 4 N–H and O–H groups in total. The number of benzene rings is 1. The molecule has 9 nitrogen and oxygen atoms in total. The van der Waals surface area contributed by atoms with Gasteiger partial charge in [-0.25, -0.2) is 0 Å². The summed E-state index contributed by atoms with van der Waals surface area (Å²) in [6, 6.07) is 7.61. The van der Waals surface area contributed by atoms with E-state index in [1.54, 1.807) is 0 Å². The normalized spacial score (nSPS) is 19.8. The highest BCUT2D eigenvalue weighted by atomic mass is 16.2. The first-order chi connectivity index (χ1) is 17.4. The Bertz CT molecular complexity index is 1000. The molecule has 1 saturated carbocycles. The summed E-state index contributed by atoms with van der Waals surface area (Å²) in [5.41, 5.74) is 0.728. The molecule has 202 valence electrons. The number of hydrogen-bond donors (Lipinski definition) is 4. The Morgan fingerprint density at radius 2 is 1.68 bits per heavy atom. The molecule has 1 aromatic carbocycles. The molecule has 2 unspecified atom stereocenters. The van der Waals surface area contributed by atoms with Gasteiger partial charge in [0.05, 0.1) is 6.04 Å². The molecule has 1 saturated heterocycles. The maximum atomic E-state index is 13.4. The Labute approximate surface area is 218 Å². The topological polar surface area (TPSA) is 133 Å². The second-order valence-electron chi connectivity index (χ2n) is 11.6. The minimum Gasteiger partial charge on any atom is -0.356 e. The molecule has 0 aromatic heterocycles. The maximum absolute atomic E-state index is 13.4. The first kappa shape index (κ1) is 28.3. The quantitative estimate of drug-likeness (QED) is 0.318. The van der Waals surface area contributed by atoms with Crippen LogP contribution in [0.1, 0.15) is 77.7 Å². The zero-order valence-corrected chi connectivity index (χ0v) is 22.3. The number of carbonyl (C=O) groups excluding carboxylic acids is 5. The molecule has 3 rings (SSSR count). The van der Waals surface area contributed by atoms with Gasteiger partial charge in [-0.3, -0.25) is 24.0 Å². The van der Waals surface area contributed by atoms with Gasteiger partial charge in [0, 0.05) is 24.9 Å². The fourth-order valence-corrected chi connectivity index (χ4v) is 4.55. The molecule has 4 atom stereocenters. The predicted molar refractivity (Wildman–Crippen MR) is 139 cm³/mol. The highest BCUT2D eigenvalue weighted by Crippen LogP contribution is 2.24. The van der Waals surface area contributed by atoms with Gasteiger partial charge in [0.1, 0.15) is 6.04 Å². The van der Waals surface area contributed by atoms with Crippen LogP contribution in [-0.4, -0.2) is 54.1 Å². The molecular formula is C28H40N4O5. The summed E-state index contributed by atoms with van der Waals surface area (Å²) in [5.74, 6) is -3.02. The predicted octanol–water partition coefficient (Wildman–Crippen LogP) is 1.96. The van der Waals surface area contributed by atoms with Crippen molar-refractivity contribution in [3.05, 3.63) is 35.9 Å². The summed E-state index contributed by atoms with van der Waals surface area (Å²) >= 11 is 0. The lowest BCUT2D eigenvalue weighted by atomic mass is 9.87. The van der Waals surface area contributed by atoms with Crippen LogP contribution >= 0.6 is 0 Å². The maximum Gasteiger partial charge on any atom is 0.289 e. The molecule has 0 radical (unpaired) electrons. The third-order valence-electron chi connectivity index (χ3n) is 6.78. The lowest BCUT2D eigenvalue weighted by molar-refractivity contribution is -0.141. The van der Waals surface area contributed by atoms with Crippen molar-refractivity contribution in [3.63, 3.8) is 0 Å². The minimum absolute atomic E-state index is 0.0119. The van der Waals surface area contributed by atoms with Crippen LogP contribution in [0.4, 0.5) is 0 Å². The third-order valence-corrected chi connectivity index (χ3v) is 6.78. The molecule has 2 fully saturated rings. The molecule has 2 aliphatic rings. The van der Waals surface area contributed by atoms with Crippen LogP contribution in [0, 0.1) is 11.3 Å². The van der Waals surface area contributed by atoms with Crippen LogP contribution in [0.5, 0.6) is 0 Å². The first-order valence-electron chi connectivity index (χ1n) is 13.2. The van der Waals surface area contributed by atoms with E-state index in [-0.39, 0.29) is 42.0 Å². The van der Waals surface area contributed by atoms with Gasteiger partial charge < -0.3 is 21.3 Å². The SMILES string of the molecule is CC(CC(=O)N[C@@H](CC(C)(C)C)C(=O)NC(C[C@@H]1CCNC1=O)C(=O)C(=O)NC1CC1)c1ccccc1. The molecule has 1 heterocycles. The summed E-state index contributed by atoms with van der Waals surface area (Å²) in [7, 11) is 0. The van der Waals surface area contributed by atoms with E-state index in [2.05, 4.69) is 21.3 Å². The van der Waals surface area contributed by atoms with Crippen molar-refractivity contribution in [2.45, 2.75) is 90.3 Å². The summed E-state index contributed by atoms with van der Waals surface area (Å²) in [5, 5.41) is 11.0. The fraction of sp³-hybridized carbons (Fsp3) is 0.607. The van der Waals surface area contributed by atoms with E-state index in [1.807, 2.05) is 58.0 Å². The van der Waals surface area contributed by atoms with Crippen LogP contribution in [0.15, 0.2) is 30.3 Å². The van der Waals surface area contributed by atoms with Gasteiger partial charge in [-0.2, -0.15) is 0 Å². The highest BCUT2D eigenvalue weighted by molar-refractivity contribution is 6.38. The number of nitrogens with one attached hydrogen (secondary N) is 4. The lowest BCUT2D eigenvalue weighted by Gasteiger charge is -2.28. The van der Waals surface area contributed by atoms with Crippen LogP contribution in [0.3, 0.4) is 0 Å². The average molecular weight is 513 g/mol. The summed E-state index contributed by atoms with van der Waals surface area (Å²) < 4.78 is 0. The molecule has 4 amide bonds. The molecule has 0 spiro atoms. The van der Waals surface area contributed by atoms with Gasteiger partial charge in [0.15, 0.2) is 0 Å². The Kier molecular flexibility index (Phi) is 9.45. The van der Waals surface area contributed by atoms with Gasteiger partial charge >= 0.3 is 0 Å². The number of amides is 4. The Balaban J connectivity index is 1.71. The van der Waals surface area contributed by atoms with Crippen molar-refractivity contribution in [1.29, 1.82) is 0 Å². The standard InChI is InChI=1S/C28H40N4O5/c1-17(18-8-6-5-7-9-18)14-23(33)31-22(16-28(2,3)4)26(36)32-21(15-19-12-13-29-25(19)35)24(34)27(37)30-20-10-11-20/h5-9,17,19-22H,10-16H2,1-4H3,(H,29,35)(H,30,37)(H,31,33)(H,32,36)/t17?,19-,21?,22-/m0/s1. The van der Waals surface area contributed by atoms with E-state index in [0.717, 1.165) is 18.4 Å². The number of carbonyl (C=O) groups is 5. The van der Waals surface area contributed by atoms with Gasteiger partial charge in [-0.1, -0.05) is 58.0 Å². The van der Waals surface area contributed by atoms with E-state index in [9.17, 15) is 24.0 Å². The minimum atomic E-state index is -1.15. The van der Waals surface area contributed by atoms with Gasteiger partial charge in [0.25, 0.3) is 5.91 Å². The van der Waals surface area contributed by atoms with Crippen molar-refractivity contribution in [1.82, 2.24) is 21.3 Å². The van der Waals surface area contributed by atoms with Gasteiger partial charge in [-0.15, -0.1) is 0 Å². The fourth-order valence-electron chi connectivity index (χ4n) is 4.55. The average Bonchev–Trinajstić information content (AvgIpc) is 3.56. The van der Waals surface area contributed by atoms with E-state index in [1.165, 1.54) is 0 Å². The second kappa shape index (κ2) is 12.3. The van der Waals surface area contributed by atoms with E-state index in [0.29, 0.717) is 19.4 Å². The number of hydrogen-bond acceptors (Lipinski definition) is 5. The molecular weight excluding hydrogens is 472 g/mol. The Morgan fingerprint density at radius 1 is 1.00 bits per heavy atom. The summed E-state index contributed by atoms with van der Waals surface area (Å²) in [6.07, 6.45) is 2.75. The van der Waals surface area contributed by atoms with Crippen LogP contribution < -0.4 is 21.3 Å². The number of Topliss-reactive ketones (excluding diaryl/α,β-unsaturated/α-hetero) is 1. The van der Waals surface area contributed by atoms with E-state index in [4.69, 9.17) is 0 Å². The molecule has 0 bridgehead atoms. The molecule has 1 aliphatic heterocycles. The van der Waals surface area contributed by atoms with Crippen molar-refractivity contribution < 1.29 is 24.0 Å². The second-order valence-corrected chi connectivity index (χ2v) is 11.6. The first-order valence-corrected chi connectivity index (χ1v) is 13.2. The zero-order chi connectivity index (χ0) is 27.2. The monoisotopic (exact) mass is 512 g/mol. The highest BCUT2D eigenvalue weighted by Gasteiger charge is 2.37. The smallest absolute Gasteiger partial charge is 0.289 e. The van der Waals surface area contributed by atoms with Gasteiger partial charge in [0.2, 0.25) is 23.5 Å². The van der Waals surface area contributed by atoms with E-state index < -0.39 is 35.6 Å². The van der Waals surface area contributed by atoms with Crippen molar-refractivity contribution in [2.75, 3.05) is 6.54 Å². The lowest BCUT2D eigenvalue weighted by Crippen LogP contribution is -2.55. The zero-order valence-electron chi connectivity index (χ0n) is 22.3. The summed E-state index contributed by atoms with van der Waals surface area (Å²) in [6.45, 7) is 8.32. The van der Waals surface area contributed by atoms with Crippen molar-refractivity contribution >= 4 is 29.4 Å². The summed E-state index contributed by atoms with van der Waals surface area (Å²) in [4.78, 5) is 64.1. The van der Waals surface area contributed by atoms with Crippen LogP contribution in [0.2, 0.25) is 0 Å². The number of ketones is 1. The van der Waals surface area contributed by atoms with Gasteiger partial charge in [-0.05, 0) is 49.0 Å². The van der Waals surface area contributed by atoms with Crippen molar-refractivity contribution in [2.24, 2.45) is 11.3 Å². The molecule has 37 heavy (non-hydrogen) atoms. The van der Waals surface area contributed by atoms with Crippen LogP contribution in [-0.2, 0) is 24.0 Å². The largest absolute Gasteiger partial charge is 0.356 e. The van der Waals surface area contributed by atoms with Crippen molar-refractivity contribution in [3.8, 4) is 0 Å². The Hall–Kier alpha value is -3.23. The molecule has 1 aromatic rings. The third kappa shape index (κ3) is 8.98.